The van der Waals surface area contributed by atoms with Gasteiger partial charge in [0.2, 0.25) is 0 Å². The van der Waals surface area contributed by atoms with Crippen molar-refractivity contribution in [3.8, 4) is 0 Å². The molecule has 0 saturated heterocycles. The molecule has 72 valence electrons. The minimum Gasteiger partial charge on any atom is -0.166 e. The van der Waals surface area contributed by atoms with Gasteiger partial charge in [-0.15, -0.1) is 11.7 Å². The van der Waals surface area contributed by atoms with Gasteiger partial charge in [0.1, 0.15) is 0 Å². The first-order valence-electron chi connectivity index (χ1n) is 3.46. The third-order valence-electron chi connectivity index (χ3n) is 1.51. The lowest BCUT2D eigenvalue weighted by Gasteiger charge is -2.06. The summed E-state index contributed by atoms with van der Waals surface area (Å²) in [6.07, 6.45) is -4.24. The molecule has 0 aliphatic rings. The molecule has 1 rings (SSSR count). The van der Waals surface area contributed by atoms with Gasteiger partial charge in [0.15, 0.2) is 0 Å². The van der Waals surface area contributed by atoms with E-state index in [0.717, 1.165) is 17.7 Å². The molecule has 0 spiro atoms. The maximum absolute atomic E-state index is 12.1. The van der Waals surface area contributed by atoms with Gasteiger partial charge >= 0.3 is 6.18 Å². The molecule has 0 amide bonds. The second kappa shape index (κ2) is 4.28. The van der Waals surface area contributed by atoms with Gasteiger partial charge < -0.3 is 0 Å². The molecule has 0 atom stereocenters. The van der Waals surface area contributed by atoms with Crippen molar-refractivity contribution in [3.63, 3.8) is 0 Å². The zero-order chi connectivity index (χ0) is 9.90. The van der Waals surface area contributed by atoms with E-state index in [1.54, 1.807) is 0 Å². The van der Waals surface area contributed by atoms with E-state index < -0.39 is 11.7 Å². The highest BCUT2D eigenvalue weighted by molar-refractivity contribution is 8.68. The lowest BCUT2D eigenvalue weighted by Crippen LogP contribution is -2.04. The van der Waals surface area contributed by atoms with E-state index in [-0.39, 0.29) is 0 Å². The average Bonchev–Trinajstić information content (AvgIpc) is 2.04. The molecule has 0 heterocycles. The number of hydrogen-bond donors (Lipinski definition) is 1. The zero-order valence-corrected chi connectivity index (χ0v) is 8.22. The summed E-state index contributed by atoms with van der Waals surface area (Å²) in [5.74, 6) is 0.612. The second-order valence-corrected chi connectivity index (χ2v) is 3.79. The highest BCUT2D eigenvalue weighted by atomic mass is 33.1. The first-order chi connectivity index (χ1) is 6.04. The molecule has 0 radical (unpaired) electrons. The normalized spacial score (nSPS) is 11.7. The Bertz CT molecular complexity index is 266. The Morgan fingerprint density at radius 3 is 2.08 bits per heavy atom. The van der Waals surface area contributed by atoms with Gasteiger partial charge in [-0.05, 0) is 17.7 Å². The summed E-state index contributed by atoms with van der Waals surface area (Å²) < 4.78 is 36.3. The average molecular weight is 224 g/mol. The van der Waals surface area contributed by atoms with Gasteiger partial charge in [-0.3, -0.25) is 0 Å². The molecule has 13 heavy (non-hydrogen) atoms. The van der Waals surface area contributed by atoms with Gasteiger partial charge in [-0.1, -0.05) is 22.9 Å². The van der Waals surface area contributed by atoms with E-state index in [0.29, 0.717) is 5.75 Å². The predicted octanol–water partition coefficient (Wildman–Crippen LogP) is 3.78. The highest BCUT2D eigenvalue weighted by Crippen LogP contribution is 2.29. The fourth-order valence-electron chi connectivity index (χ4n) is 0.864. The van der Waals surface area contributed by atoms with Gasteiger partial charge in [-0.2, -0.15) is 13.2 Å². The molecule has 0 aliphatic carbocycles. The van der Waals surface area contributed by atoms with Crippen molar-refractivity contribution in [1.82, 2.24) is 0 Å². The summed E-state index contributed by atoms with van der Waals surface area (Å²) in [7, 11) is 1.28. The second-order valence-electron chi connectivity index (χ2n) is 2.47. The molecule has 0 nitrogen and oxygen atoms in total. The maximum atomic E-state index is 12.1. The van der Waals surface area contributed by atoms with E-state index in [1.165, 1.54) is 22.9 Å². The van der Waals surface area contributed by atoms with Crippen LogP contribution in [0, 0.1) is 0 Å². The largest absolute Gasteiger partial charge is 0.416 e. The van der Waals surface area contributed by atoms with Crippen LogP contribution in [0.1, 0.15) is 11.1 Å². The molecule has 0 fully saturated rings. The number of thiol groups is 1. The smallest absolute Gasteiger partial charge is 0.166 e. The maximum Gasteiger partial charge on any atom is 0.416 e. The van der Waals surface area contributed by atoms with Crippen LogP contribution in [-0.2, 0) is 11.9 Å². The Kier molecular flexibility index (Phi) is 3.55. The number of halogens is 3. The Morgan fingerprint density at radius 1 is 1.15 bits per heavy atom. The topological polar surface area (TPSA) is 0 Å². The molecule has 0 aliphatic heterocycles. The minimum absolute atomic E-state index is 0.611. The van der Waals surface area contributed by atoms with Crippen molar-refractivity contribution < 1.29 is 13.2 Å². The van der Waals surface area contributed by atoms with E-state index in [9.17, 15) is 13.2 Å². The number of rotatable bonds is 2. The molecule has 0 bridgehead atoms. The number of hydrogen-bond acceptors (Lipinski definition) is 2. The SMILES string of the molecule is FC(F)(F)c1ccc(CSS)cc1. The summed E-state index contributed by atoms with van der Waals surface area (Å²) in [6.45, 7) is 0. The molecular formula is C8H7F3S2. The van der Waals surface area contributed by atoms with E-state index in [2.05, 4.69) is 11.7 Å². The number of alkyl halides is 3. The van der Waals surface area contributed by atoms with Crippen LogP contribution in [0.4, 0.5) is 13.2 Å². The third kappa shape index (κ3) is 3.15. The highest BCUT2D eigenvalue weighted by Gasteiger charge is 2.29. The number of benzene rings is 1. The van der Waals surface area contributed by atoms with Crippen molar-refractivity contribution in [3.05, 3.63) is 35.4 Å². The quantitative estimate of drug-likeness (QED) is 0.589. The standard InChI is InChI=1S/C8H7F3S2/c9-8(10,11)7-3-1-6(2-4-7)5-13-12/h1-4,12H,5H2. The summed E-state index contributed by atoms with van der Waals surface area (Å²) in [5, 5.41) is 0. The van der Waals surface area contributed by atoms with Gasteiger partial charge in [-0.25, -0.2) is 0 Å². The lowest BCUT2D eigenvalue weighted by molar-refractivity contribution is -0.137. The van der Waals surface area contributed by atoms with Gasteiger partial charge in [0.25, 0.3) is 0 Å². The van der Waals surface area contributed by atoms with Gasteiger partial charge in [0.05, 0.1) is 5.56 Å². The molecule has 1 aromatic carbocycles. The van der Waals surface area contributed by atoms with Crippen LogP contribution < -0.4 is 0 Å². The Morgan fingerprint density at radius 2 is 1.69 bits per heavy atom. The third-order valence-corrected chi connectivity index (χ3v) is 2.36. The van der Waals surface area contributed by atoms with Crippen molar-refractivity contribution in [2.24, 2.45) is 0 Å². The van der Waals surface area contributed by atoms with Gasteiger partial charge in [0, 0.05) is 5.75 Å². The van der Waals surface area contributed by atoms with Crippen LogP contribution >= 0.6 is 22.5 Å². The summed E-state index contributed by atoms with van der Waals surface area (Å²) in [4.78, 5) is 0. The van der Waals surface area contributed by atoms with Crippen molar-refractivity contribution in [1.29, 1.82) is 0 Å². The van der Waals surface area contributed by atoms with Crippen LogP contribution in [0.25, 0.3) is 0 Å². The van der Waals surface area contributed by atoms with Crippen LogP contribution in [0.3, 0.4) is 0 Å². The Balaban J connectivity index is 2.81. The van der Waals surface area contributed by atoms with Crippen LogP contribution in [0.5, 0.6) is 0 Å². The molecular weight excluding hydrogens is 217 g/mol. The summed E-state index contributed by atoms with van der Waals surface area (Å²) >= 11 is 3.91. The lowest BCUT2D eigenvalue weighted by atomic mass is 10.1. The minimum atomic E-state index is -4.24. The predicted molar refractivity (Wildman–Crippen MR) is 51.7 cm³/mol. The Hall–Kier alpha value is -0.290. The monoisotopic (exact) mass is 224 g/mol. The molecule has 0 saturated carbocycles. The first-order valence-corrected chi connectivity index (χ1v) is 5.50. The molecule has 5 heteroatoms. The Labute approximate surface area is 83.3 Å². The van der Waals surface area contributed by atoms with Crippen LogP contribution in [0.15, 0.2) is 24.3 Å². The van der Waals surface area contributed by atoms with Crippen molar-refractivity contribution in [2.75, 3.05) is 0 Å². The zero-order valence-electron chi connectivity index (χ0n) is 6.51. The van der Waals surface area contributed by atoms with Crippen molar-refractivity contribution >= 4 is 22.5 Å². The fraction of sp³-hybridized carbons (Fsp3) is 0.250. The summed E-state index contributed by atoms with van der Waals surface area (Å²) in [6, 6.07) is 5.09. The summed E-state index contributed by atoms with van der Waals surface area (Å²) in [5.41, 5.74) is 0.230. The first kappa shape index (κ1) is 10.8. The van der Waals surface area contributed by atoms with E-state index >= 15 is 0 Å². The fourth-order valence-corrected chi connectivity index (χ4v) is 1.65. The van der Waals surface area contributed by atoms with E-state index in [4.69, 9.17) is 0 Å². The van der Waals surface area contributed by atoms with Crippen LogP contribution in [0.2, 0.25) is 0 Å². The van der Waals surface area contributed by atoms with Crippen LogP contribution in [-0.4, -0.2) is 0 Å². The van der Waals surface area contributed by atoms with Crippen molar-refractivity contribution in [2.45, 2.75) is 11.9 Å². The molecule has 0 aromatic heterocycles. The molecule has 1 aromatic rings. The molecule has 0 N–H and O–H groups in total. The van der Waals surface area contributed by atoms with E-state index in [1.807, 2.05) is 0 Å². The molecule has 0 unspecified atom stereocenters.